The molecule has 1 rings (SSSR count). The van der Waals surface area contributed by atoms with Crippen molar-refractivity contribution in [2.45, 2.75) is 26.2 Å². The molecule has 11 heavy (non-hydrogen) atoms. The average molecular weight is 376 g/mol. The Kier molecular flexibility index (Phi) is 4.11. The molecule has 0 radical (unpaired) electrons. The summed E-state index contributed by atoms with van der Waals surface area (Å²) in [5.74, 6) is 1.13. The monoisotopic (exact) mass is 376 g/mol. The van der Waals surface area contributed by atoms with E-state index in [0.717, 1.165) is 19.6 Å². The number of imidazole rings is 1. The van der Waals surface area contributed by atoms with E-state index in [1.165, 1.54) is 12.8 Å². The van der Waals surface area contributed by atoms with Gasteiger partial charge in [-0.05, 0) is 51.6 Å². The van der Waals surface area contributed by atoms with E-state index in [-0.39, 0.29) is 0 Å². The quantitative estimate of drug-likeness (QED) is 0.808. The summed E-state index contributed by atoms with van der Waals surface area (Å²) < 4.78 is 2.25. The molecule has 1 aromatic heterocycles. The van der Waals surface area contributed by atoms with Crippen LogP contribution in [0.3, 0.4) is 0 Å². The molecular formula is C7H10I2N2. The van der Waals surface area contributed by atoms with E-state index in [1.807, 2.05) is 0 Å². The minimum Gasteiger partial charge on any atom is -0.337 e. The molecule has 0 saturated heterocycles. The maximum absolute atomic E-state index is 4.37. The first-order chi connectivity index (χ1) is 5.24. The Labute approximate surface area is 93.8 Å². The van der Waals surface area contributed by atoms with Gasteiger partial charge in [0.2, 0.25) is 0 Å². The van der Waals surface area contributed by atoms with Crippen LogP contribution in [0.4, 0.5) is 0 Å². The lowest BCUT2D eigenvalue weighted by Crippen LogP contribution is -1.86. The second kappa shape index (κ2) is 4.64. The van der Waals surface area contributed by atoms with Crippen molar-refractivity contribution in [2.75, 3.05) is 0 Å². The van der Waals surface area contributed by atoms with Gasteiger partial charge in [0, 0.05) is 6.42 Å². The second-order valence-electron chi connectivity index (χ2n) is 2.39. The summed E-state index contributed by atoms with van der Waals surface area (Å²) in [4.78, 5) is 7.62. The van der Waals surface area contributed by atoms with Crippen LogP contribution in [-0.2, 0) is 6.42 Å². The lowest BCUT2D eigenvalue weighted by molar-refractivity contribution is 0.761. The Morgan fingerprint density at radius 3 is 2.64 bits per heavy atom. The predicted molar refractivity (Wildman–Crippen MR) is 62.6 cm³/mol. The SMILES string of the molecule is CCCCc1nc(I)c(I)[nH]1. The van der Waals surface area contributed by atoms with Gasteiger partial charge in [-0.1, -0.05) is 13.3 Å². The second-order valence-corrected chi connectivity index (χ2v) is 4.49. The fourth-order valence-corrected chi connectivity index (χ4v) is 1.69. The topological polar surface area (TPSA) is 28.7 Å². The molecule has 4 heteroatoms. The van der Waals surface area contributed by atoms with Crippen molar-refractivity contribution in [1.29, 1.82) is 0 Å². The summed E-state index contributed by atoms with van der Waals surface area (Å²) in [7, 11) is 0. The maximum Gasteiger partial charge on any atom is 0.133 e. The van der Waals surface area contributed by atoms with Gasteiger partial charge in [-0.3, -0.25) is 0 Å². The number of aryl methyl sites for hydroxylation is 1. The molecule has 0 spiro atoms. The molecule has 0 unspecified atom stereocenters. The minimum atomic E-state index is 1.08. The van der Waals surface area contributed by atoms with Crippen molar-refractivity contribution >= 4 is 45.2 Å². The van der Waals surface area contributed by atoms with Crippen molar-refractivity contribution in [1.82, 2.24) is 9.97 Å². The van der Waals surface area contributed by atoms with Crippen LogP contribution in [0.15, 0.2) is 0 Å². The molecule has 2 nitrogen and oxygen atoms in total. The van der Waals surface area contributed by atoms with E-state index in [9.17, 15) is 0 Å². The Morgan fingerprint density at radius 1 is 1.45 bits per heavy atom. The predicted octanol–water partition coefficient (Wildman–Crippen LogP) is 2.96. The molecule has 0 atom stereocenters. The number of rotatable bonds is 3. The van der Waals surface area contributed by atoms with Crippen molar-refractivity contribution < 1.29 is 0 Å². The zero-order valence-electron chi connectivity index (χ0n) is 6.32. The summed E-state index contributed by atoms with van der Waals surface area (Å²) >= 11 is 4.52. The number of hydrogen-bond acceptors (Lipinski definition) is 1. The van der Waals surface area contributed by atoms with Gasteiger partial charge in [-0.15, -0.1) is 0 Å². The molecule has 0 aliphatic carbocycles. The number of halogens is 2. The largest absolute Gasteiger partial charge is 0.337 e. The Bertz CT molecular complexity index is 213. The van der Waals surface area contributed by atoms with Crippen LogP contribution in [0.5, 0.6) is 0 Å². The zero-order chi connectivity index (χ0) is 8.27. The van der Waals surface area contributed by atoms with Gasteiger partial charge in [0.25, 0.3) is 0 Å². The lowest BCUT2D eigenvalue weighted by atomic mass is 10.2. The van der Waals surface area contributed by atoms with Crippen LogP contribution in [-0.4, -0.2) is 9.97 Å². The van der Waals surface area contributed by atoms with Gasteiger partial charge >= 0.3 is 0 Å². The average Bonchev–Trinajstić information content (AvgIpc) is 2.28. The van der Waals surface area contributed by atoms with Gasteiger partial charge in [0.05, 0.1) is 0 Å². The summed E-state index contributed by atoms with van der Waals surface area (Å²) in [6.45, 7) is 2.19. The summed E-state index contributed by atoms with van der Waals surface area (Å²) in [6.07, 6.45) is 3.53. The molecule has 0 saturated carbocycles. The van der Waals surface area contributed by atoms with Crippen LogP contribution in [0.2, 0.25) is 0 Å². The van der Waals surface area contributed by atoms with Gasteiger partial charge in [0.15, 0.2) is 0 Å². The first kappa shape index (κ1) is 9.76. The number of H-pyrrole nitrogens is 1. The molecule has 0 aromatic carbocycles. The molecule has 0 aliphatic heterocycles. The first-order valence-electron chi connectivity index (χ1n) is 3.64. The van der Waals surface area contributed by atoms with Crippen LogP contribution in [0.25, 0.3) is 0 Å². The highest BCUT2D eigenvalue weighted by Gasteiger charge is 2.02. The van der Waals surface area contributed by atoms with E-state index in [1.54, 1.807) is 0 Å². The number of nitrogens with one attached hydrogen (secondary N) is 1. The molecule has 1 heterocycles. The molecule has 1 N–H and O–H groups in total. The van der Waals surface area contributed by atoms with Crippen LogP contribution in [0, 0.1) is 7.40 Å². The Balaban J connectivity index is 2.58. The third-order valence-corrected chi connectivity index (χ3v) is 4.03. The fraction of sp³-hybridized carbons (Fsp3) is 0.571. The highest BCUT2D eigenvalue weighted by atomic mass is 127. The molecule has 1 aromatic rings. The fourth-order valence-electron chi connectivity index (χ4n) is 0.836. The summed E-state index contributed by atoms with van der Waals surface area (Å²) in [5.41, 5.74) is 0. The van der Waals surface area contributed by atoms with Crippen molar-refractivity contribution in [2.24, 2.45) is 0 Å². The van der Waals surface area contributed by atoms with E-state index >= 15 is 0 Å². The van der Waals surface area contributed by atoms with Gasteiger partial charge < -0.3 is 4.98 Å². The van der Waals surface area contributed by atoms with Crippen molar-refractivity contribution in [3.63, 3.8) is 0 Å². The van der Waals surface area contributed by atoms with Gasteiger partial charge in [0.1, 0.15) is 13.2 Å². The Morgan fingerprint density at radius 2 is 2.18 bits per heavy atom. The molecule has 0 fully saturated rings. The standard InChI is InChI=1S/C7H10I2N2/c1-2-3-4-5-10-6(8)7(9)11-5/h2-4H2,1H3,(H,10,11). The van der Waals surface area contributed by atoms with E-state index in [2.05, 4.69) is 62.1 Å². The Hall–Kier alpha value is 0.670. The van der Waals surface area contributed by atoms with E-state index in [4.69, 9.17) is 0 Å². The molecule has 0 bridgehead atoms. The normalized spacial score (nSPS) is 10.5. The third-order valence-electron chi connectivity index (χ3n) is 1.44. The molecule has 0 aliphatic rings. The lowest BCUT2D eigenvalue weighted by Gasteiger charge is -1.90. The van der Waals surface area contributed by atoms with Crippen molar-refractivity contribution in [3.05, 3.63) is 13.2 Å². The van der Waals surface area contributed by atoms with E-state index in [0.29, 0.717) is 0 Å². The van der Waals surface area contributed by atoms with Crippen LogP contribution >= 0.6 is 45.2 Å². The summed E-state index contributed by atoms with van der Waals surface area (Å²) in [6, 6.07) is 0. The zero-order valence-corrected chi connectivity index (χ0v) is 10.6. The number of hydrogen-bond donors (Lipinski definition) is 1. The third kappa shape index (κ3) is 2.89. The van der Waals surface area contributed by atoms with E-state index < -0.39 is 0 Å². The first-order valence-corrected chi connectivity index (χ1v) is 5.79. The number of aromatic nitrogens is 2. The smallest absolute Gasteiger partial charge is 0.133 e. The molecular weight excluding hydrogens is 366 g/mol. The number of unbranched alkanes of at least 4 members (excludes halogenated alkanes) is 1. The minimum absolute atomic E-state index is 1.08. The highest BCUT2D eigenvalue weighted by Crippen LogP contribution is 2.12. The summed E-state index contributed by atoms with van der Waals surface area (Å²) in [5, 5.41) is 0. The molecule has 62 valence electrons. The van der Waals surface area contributed by atoms with Gasteiger partial charge in [-0.2, -0.15) is 0 Å². The van der Waals surface area contributed by atoms with Crippen LogP contribution in [0.1, 0.15) is 25.6 Å². The van der Waals surface area contributed by atoms with Gasteiger partial charge in [-0.25, -0.2) is 4.98 Å². The van der Waals surface area contributed by atoms with Crippen LogP contribution < -0.4 is 0 Å². The highest BCUT2D eigenvalue weighted by molar-refractivity contribution is 14.1. The molecule has 0 amide bonds. The maximum atomic E-state index is 4.37. The number of aromatic amines is 1. The van der Waals surface area contributed by atoms with Crippen molar-refractivity contribution in [3.8, 4) is 0 Å². The number of nitrogens with zero attached hydrogens (tertiary/aromatic N) is 1.